The summed E-state index contributed by atoms with van der Waals surface area (Å²) in [4.78, 5) is 37.3. The number of ether oxygens (including phenoxy) is 1. The maximum absolute atomic E-state index is 12.2. The van der Waals surface area contributed by atoms with Crippen LogP contribution in [0, 0.1) is 0 Å². The molecule has 1 aliphatic rings. The lowest BCUT2D eigenvalue weighted by molar-refractivity contribution is -0.137. The number of rotatable bonds is 5. The van der Waals surface area contributed by atoms with Gasteiger partial charge < -0.3 is 20.1 Å². The number of nitrogens with one attached hydrogen (secondary N) is 1. The molecule has 0 radical (unpaired) electrons. The molecular formula is C14H17N3O5. The van der Waals surface area contributed by atoms with Gasteiger partial charge in [-0.05, 0) is 18.2 Å². The van der Waals surface area contributed by atoms with E-state index in [1.165, 1.54) is 31.2 Å². The van der Waals surface area contributed by atoms with Gasteiger partial charge in [-0.15, -0.1) is 0 Å². The van der Waals surface area contributed by atoms with Crippen molar-refractivity contribution in [3.63, 3.8) is 0 Å². The quantitative estimate of drug-likeness (QED) is 0.819. The zero-order chi connectivity index (χ0) is 16.3. The number of nitrogens with zero attached hydrogens (tertiary/aromatic N) is 2. The number of hydrogen-bond acceptors (Lipinski definition) is 4. The average Bonchev–Trinajstić information content (AvgIpc) is 2.91. The molecule has 2 rings (SSSR count). The van der Waals surface area contributed by atoms with Crippen LogP contribution in [0.25, 0.3) is 0 Å². The Labute approximate surface area is 127 Å². The van der Waals surface area contributed by atoms with E-state index >= 15 is 0 Å². The Balaban J connectivity index is 2.32. The number of carbonyl (C=O) groups is 3. The van der Waals surface area contributed by atoms with Crippen LogP contribution in [-0.4, -0.2) is 61.7 Å². The van der Waals surface area contributed by atoms with Crippen molar-refractivity contribution in [3.05, 3.63) is 23.8 Å². The highest BCUT2D eigenvalue weighted by molar-refractivity contribution is 6.00. The molecule has 1 aliphatic heterocycles. The first kappa shape index (κ1) is 15.6. The fourth-order valence-corrected chi connectivity index (χ4v) is 2.23. The van der Waals surface area contributed by atoms with Crippen molar-refractivity contribution in [1.82, 2.24) is 10.2 Å². The van der Waals surface area contributed by atoms with Gasteiger partial charge in [0.2, 0.25) is 0 Å². The van der Waals surface area contributed by atoms with Gasteiger partial charge in [0.25, 0.3) is 5.91 Å². The molecule has 0 aliphatic carbocycles. The van der Waals surface area contributed by atoms with Crippen molar-refractivity contribution in [2.24, 2.45) is 0 Å². The summed E-state index contributed by atoms with van der Waals surface area (Å²) in [5.74, 6) is -1.07. The van der Waals surface area contributed by atoms with Crippen LogP contribution in [-0.2, 0) is 4.79 Å². The summed E-state index contributed by atoms with van der Waals surface area (Å²) >= 11 is 0. The van der Waals surface area contributed by atoms with Crippen LogP contribution in [0.1, 0.15) is 10.4 Å². The van der Waals surface area contributed by atoms with Crippen LogP contribution in [0.4, 0.5) is 10.5 Å². The van der Waals surface area contributed by atoms with E-state index in [9.17, 15) is 14.4 Å². The number of likely N-dealkylation sites (N-methyl/N-ethyl adjacent to an activating group) is 1. The van der Waals surface area contributed by atoms with Crippen molar-refractivity contribution < 1.29 is 24.2 Å². The zero-order valence-electron chi connectivity index (χ0n) is 12.3. The molecule has 0 bridgehead atoms. The number of benzene rings is 1. The van der Waals surface area contributed by atoms with E-state index in [-0.39, 0.29) is 6.03 Å². The molecule has 1 heterocycles. The lowest BCUT2D eigenvalue weighted by Gasteiger charge is -2.20. The monoisotopic (exact) mass is 307 g/mol. The first-order valence-electron chi connectivity index (χ1n) is 6.64. The van der Waals surface area contributed by atoms with Crippen LogP contribution in [0.15, 0.2) is 18.2 Å². The highest BCUT2D eigenvalue weighted by Crippen LogP contribution is 2.30. The third kappa shape index (κ3) is 3.11. The second kappa shape index (κ2) is 6.33. The summed E-state index contributed by atoms with van der Waals surface area (Å²) in [6, 6.07) is 4.39. The molecule has 8 heteroatoms. The Hall–Kier alpha value is -2.77. The van der Waals surface area contributed by atoms with E-state index in [1.54, 1.807) is 6.07 Å². The van der Waals surface area contributed by atoms with Gasteiger partial charge in [-0.1, -0.05) is 0 Å². The molecule has 3 amide bonds. The fraction of sp³-hybridized carbons (Fsp3) is 0.357. The Morgan fingerprint density at radius 2 is 2.18 bits per heavy atom. The average molecular weight is 307 g/mol. The van der Waals surface area contributed by atoms with Crippen molar-refractivity contribution in [3.8, 4) is 5.75 Å². The van der Waals surface area contributed by atoms with Gasteiger partial charge in [-0.25, -0.2) is 4.79 Å². The lowest BCUT2D eigenvalue weighted by Crippen LogP contribution is -2.32. The van der Waals surface area contributed by atoms with Crippen LogP contribution in [0.5, 0.6) is 5.75 Å². The molecule has 1 aromatic carbocycles. The Bertz CT molecular complexity index is 616. The standard InChI is InChI=1S/C14H17N3O5/c1-16(8-12(18)19)13(20)9-3-4-11(22-2)10(7-9)17-6-5-15-14(17)21/h3-4,7H,5-6,8H2,1-2H3,(H,15,21)(H,18,19). The molecule has 0 aromatic heterocycles. The predicted octanol–water partition coefficient (Wildman–Crippen LogP) is 0.381. The van der Waals surface area contributed by atoms with E-state index in [4.69, 9.17) is 9.84 Å². The number of aliphatic carboxylic acids is 1. The van der Waals surface area contributed by atoms with Gasteiger partial charge in [-0.3, -0.25) is 14.5 Å². The third-order valence-electron chi connectivity index (χ3n) is 3.29. The molecule has 0 atom stereocenters. The van der Waals surface area contributed by atoms with Crippen molar-refractivity contribution >= 4 is 23.6 Å². The van der Waals surface area contributed by atoms with E-state index in [1.807, 2.05) is 0 Å². The van der Waals surface area contributed by atoms with Crippen LogP contribution in [0.3, 0.4) is 0 Å². The molecule has 1 saturated heterocycles. The fourth-order valence-electron chi connectivity index (χ4n) is 2.23. The number of carboxylic acids is 1. The Kier molecular flexibility index (Phi) is 4.50. The predicted molar refractivity (Wildman–Crippen MR) is 78.3 cm³/mol. The number of urea groups is 1. The number of hydrogen-bond donors (Lipinski definition) is 2. The molecule has 0 unspecified atom stereocenters. The third-order valence-corrected chi connectivity index (χ3v) is 3.29. The second-order valence-electron chi connectivity index (χ2n) is 4.83. The zero-order valence-corrected chi connectivity index (χ0v) is 12.3. The molecule has 1 aromatic rings. The normalized spacial score (nSPS) is 13.7. The minimum atomic E-state index is -1.09. The lowest BCUT2D eigenvalue weighted by atomic mass is 10.1. The van der Waals surface area contributed by atoms with Gasteiger partial charge in [0.05, 0.1) is 12.8 Å². The number of carboxylic acid groups (broad SMARTS) is 1. The number of anilines is 1. The number of amides is 3. The van der Waals surface area contributed by atoms with E-state index in [0.717, 1.165) is 4.90 Å². The summed E-state index contributed by atoms with van der Waals surface area (Å²) in [7, 11) is 2.88. The first-order chi connectivity index (χ1) is 10.4. The maximum Gasteiger partial charge on any atom is 0.323 e. The summed E-state index contributed by atoms with van der Waals surface area (Å²) in [6.45, 7) is 0.585. The molecule has 22 heavy (non-hydrogen) atoms. The van der Waals surface area contributed by atoms with Crippen molar-refractivity contribution in [2.75, 3.05) is 38.7 Å². The second-order valence-corrected chi connectivity index (χ2v) is 4.83. The highest BCUT2D eigenvalue weighted by Gasteiger charge is 2.25. The Morgan fingerprint density at radius 1 is 1.45 bits per heavy atom. The summed E-state index contributed by atoms with van der Waals surface area (Å²) in [5, 5.41) is 11.4. The summed E-state index contributed by atoms with van der Waals surface area (Å²) in [5.41, 5.74) is 0.770. The minimum absolute atomic E-state index is 0.262. The minimum Gasteiger partial charge on any atom is -0.495 e. The van der Waals surface area contributed by atoms with Crippen molar-refractivity contribution in [1.29, 1.82) is 0 Å². The Morgan fingerprint density at radius 3 is 2.73 bits per heavy atom. The first-order valence-corrected chi connectivity index (χ1v) is 6.64. The maximum atomic E-state index is 12.2. The summed E-state index contributed by atoms with van der Waals surface area (Å²) < 4.78 is 5.23. The molecule has 0 spiro atoms. The SMILES string of the molecule is COc1ccc(C(=O)N(C)CC(=O)O)cc1N1CCNC1=O. The molecule has 0 saturated carbocycles. The van der Waals surface area contributed by atoms with Gasteiger partial charge in [0.15, 0.2) is 0 Å². The topological polar surface area (TPSA) is 99.2 Å². The van der Waals surface area contributed by atoms with Gasteiger partial charge >= 0.3 is 12.0 Å². The largest absolute Gasteiger partial charge is 0.495 e. The smallest absolute Gasteiger partial charge is 0.323 e. The van der Waals surface area contributed by atoms with Crippen LogP contribution in [0.2, 0.25) is 0 Å². The van der Waals surface area contributed by atoms with E-state index < -0.39 is 18.4 Å². The van der Waals surface area contributed by atoms with E-state index in [2.05, 4.69) is 5.32 Å². The molecular weight excluding hydrogens is 290 g/mol. The number of methoxy groups -OCH3 is 1. The van der Waals surface area contributed by atoms with Gasteiger partial charge in [0, 0.05) is 25.7 Å². The van der Waals surface area contributed by atoms with Gasteiger partial charge in [-0.2, -0.15) is 0 Å². The highest BCUT2D eigenvalue weighted by atomic mass is 16.5. The number of carbonyl (C=O) groups excluding carboxylic acids is 2. The molecule has 1 fully saturated rings. The molecule has 2 N–H and O–H groups in total. The van der Waals surface area contributed by atoms with Crippen LogP contribution >= 0.6 is 0 Å². The van der Waals surface area contributed by atoms with Crippen LogP contribution < -0.4 is 15.0 Å². The molecule has 118 valence electrons. The summed E-state index contributed by atoms with van der Waals surface area (Å²) in [6.07, 6.45) is 0. The van der Waals surface area contributed by atoms with E-state index in [0.29, 0.717) is 30.1 Å². The van der Waals surface area contributed by atoms with Gasteiger partial charge in [0.1, 0.15) is 12.3 Å². The van der Waals surface area contributed by atoms with Crippen molar-refractivity contribution in [2.45, 2.75) is 0 Å². The molecule has 8 nitrogen and oxygen atoms in total.